The highest BCUT2D eigenvalue weighted by molar-refractivity contribution is 6.32. The first-order valence-electron chi connectivity index (χ1n) is 5.92. The van der Waals surface area contributed by atoms with Gasteiger partial charge in [-0.1, -0.05) is 11.6 Å². The summed E-state index contributed by atoms with van der Waals surface area (Å²) in [4.78, 5) is 14.4. The average molecular weight is 312 g/mol. The van der Waals surface area contributed by atoms with Gasteiger partial charge in [-0.3, -0.25) is 0 Å². The third-order valence-electron chi connectivity index (χ3n) is 2.46. The van der Waals surface area contributed by atoms with Crippen molar-refractivity contribution in [1.29, 1.82) is 0 Å². The molecule has 0 fully saturated rings. The fourth-order valence-corrected chi connectivity index (χ4v) is 1.76. The van der Waals surface area contributed by atoms with E-state index in [-0.39, 0.29) is 17.5 Å². The van der Waals surface area contributed by atoms with Crippen molar-refractivity contribution < 1.29 is 23.8 Å². The number of ether oxygens (including phenoxy) is 2. The molecule has 110 valence electrons. The maximum atomic E-state index is 12.9. The normalized spacial score (nSPS) is 10.2. The van der Waals surface area contributed by atoms with E-state index >= 15 is 0 Å². The van der Waals surface area contributed by atoms with Crippen LogP contribution in [-0.2, 0) is 11.4 Å². The van der Waals surface area contributed by atoms with E-state index in [1.54, 1.807) is 12.1 Å². The lowest BCUT2D eigenvalue weighted by Crippen LogP contribution is -2.12. The van der Waals surface area contributed by atoms with E-state index in [1.165, 1.54) is 18.3 Å². The molecule has 5 nitrogen and oxygen atoms in total. The van der Waals surface area contributed by atoms with E-state index in [1.807, 2.05) is 0 Å². The first kappa shape index (κ1) is 15.1. The molecule has 0 bridgehead atoms. The van der Waals surface area contributed by atoms with Gasteiger partial charge in [0, 0.05) is 6.20 Å². The SMILES string of the molecule is O=C(O)COc1ncccc1COc1ccc(F)cc1Cl. The summed E-state index contributed by atoms with van der Waals surface area (Å²) >= 11 is 5.85. The molecule has 21 heavy (non-hydrogen) atoms. The second kappa shape index (κ2) is 6.90. The molecule has 7 heteroatoms. The van der Waals surface area contributed by atoms with Gasteiger partial charge >= 0.3 is 5.97 Å². The molecule has 1 aromatic heterocycles. The fraction of sp³-hybridized carbons (Fsp3) is 0.143. The summed E-state index contributed by atoms with van der Waals surface area (Å²) in [6.45, 7) is -0.435. The smallest absolute Gasteiger partial charge is 0.341 e. The monoisotopic (exact) mass is 311 g/mol. The average Bonchev–Trinajstić information content (AvgIpc) is 2.45. The van der Waals surface area contributed by atoms with Crippen molar-refractivity contribution in [2.75, 3.05) is 6.61 Å². The van der Waals surface area contributed by atoms with E-state index in [4.69, 9.17) is 26.2 Å². The highest BCUT2D eigenvalue weighted by Gasteiger charge is 2.09. The van der Waals surface area contributed by atoms with Crippen LogP contribution in [0.3, 0.4) is 0 Å². The van der Waals surface area contributed by atoms with E-state index in [0.29, 0.717) is 11.3 Å². The summed E-state index contributed by atoms with van der Waals surface area (Å²) in [5, 5.41) is 8.74. The quantitative estimate of drug-likeness (QED) is 0.888. The molecule has 0 spiro atoms. The minimum Gasteiger partial charge on any atom is -0.487 e. The first-order valence-corrected chi connectivity index (χ1v) is 6.30. The number of carboxylic acids is 1. The maximum Gasteiger partial charge on any atom is 0.341 e. The number of pyridine rings is 1. The van der Waals surface area contributed by atoms with Crippen LogP contribution in [0.2, 0.25) is 5.02 Å². The lowest BCUT2D eigenvalue weighted by Gasteiger charge is -2.11. The lowest BCUT2D eigenvalue weighted by atomic mass is 10.3. The van der Waals surface area contributed by atoms with Gasteiger partial charge in [0.25, 0.3) is 0 Å². The molecule has 1 N–H and O–H groups in total. The second-order valence-corrected chi connectivity index (χ2v) is 4.42. The standard InChI is InChI=1S/C14H11ClFNO4/c15-11-6-10(16)3-4-12(11)20-7-9-2-1-5-17-14(9)21-8-13(18)19/h1-6H,7-8H2,(H,18,19). The van der Waals surface area contributed by atoms with Crippen LogP contribution in [0.25, 0.3) is 0 Å². The molecule has 0 aliphatic rings. The number of halogens is 2. The van der Waals surface area contributed by atoms with E-state index < -0.39 is 18.4 Å². The number of aliphatic carboxylic acids is 1. The summed E-state index contributed by atoms with van der Waals surface area (Å²) in [5.41, 5.74) is 0.555. The predicted molar refractivity (Wildman–Crippen MR) is 73.1 cm³/mol. The minimum atomic E-state index is -1.10. The Morgan fingerprint density at radius 2 is 2.14 bits per heavy atom. The number of carboxylic acid groups (broad SMARTS) is 1. The summed E-state index contributed by atoms with van der Waals surface area (Å²) < 4.78 is 23.4. The molecule has 2 aromatic rings. The second-order valence-electron chi connectivity index (χ2n) is 4.01. The molecule has 0 saturated carbocycles. The Bertz CT molecular complexity index is 651. The topological polar surface area (TPSA) is 68.7 Å². The van der Waals surface area contributed by atoms with Crippen LogP contribution >= 0.6 is 11.6 Å². The Kier molecular flexibility index (Phi) is 4.94. The molecule has 0 aliphatic carbocycles. The number of carbonyl (C=O) groups is 1. The molecule has 1 aromatic carbocycles. The summed E-state index contributed by atoms with van der Waals surface area (Å²) in [7, 11) is 0. The van der Waals surface area contributed by atoms with Crippen molar-refractivity contribution in [2.45, 2.75) is 6.61 Å². The minimum absolute atomic E-state index is 0.0636. The zero-order valence-electron chi connectivity index (χ0n) is 10.8. The predicted octanol–water partition coefficient (Wildman–Crippen LogP) is 2.92. The molecule has 1 heterocycles. The Balaban J connectivity index is 2.07. The van der Waals surface area contributed by atoms with Gasteiger partial charge in [-0.15, -0.1) is 0 Å². The number of rotatable bonds is 6. The summed E-state index contributed by atoms with van der Waals surface area (Å²) in [5.74, 6) is -1.09. The van der Waals surface area contributed by atoms with Crippen LogP contribution < -0.4 is 9.47 Å². The van der Waals surface area contributed by atoms with Crippen LogP contribution in [0.4, 0.5) is 4.39 Å². The van der Waals surface area contributed by atoms with Gasteiger partial charge in [0.15, 0.2) is 6.61 Å². The third-order valence-corrected chi connectivity index (χ3v) is 2.75. The van der Waals surface area contributed by atoms with Crippen molar-refractivity contribution in [3.63, 3.8) is 0 Å². The molecule has 0 amide bonds. The van der Waals surface area contributed by atoms with Crippen LogP contribution in [0, 0.1) is 5.82 Å². The maximum absolute atomic E-state index is 12.9. The Hall–Kier alpha value is -2.34. The van der Waals surface area contributed by atoms with Gasteiger partial charge in [-0.25, -0.2) is 14.2 Å². The highest BCUT2D eigenvalue weighted by atomic mass is 35.5. The van der Waals surface area contributed by atoms with Gasteiger partial charge in [-0.05, 0) is 30.3 Å². The molecular weight excluding hydrogens is 301 g/mol. The van der Waals surface area contributed by atoms with E-state index in [2.05, 4.69) is 4.98 Å². The van der Waals surface area contributed by atoms with Crippen LogP contribution in [0.5, 0.6) is 11.6 Å². The molecular formula is C14H11ClFNO4. The number of nitrogens with zero attached hydrogens (tertiary/aromatic N) is 1. The van der Waals surface area contributed by atoms with Crippen molar-refractivity contribution in [3.05, 3.63) is 52.9 Å². The molecule has 0 saturated heterocycles. The van der Waals surface area contributed by atoms with E-state index in [0.717, 1.165) is 6.07 Å². The van der Waals surface area contributed by atoms with E-state index in [9.17, 15) is 9.18 Å². The highest BCUT2D eigenvalue weighted by Crippen LogP contribution is 2.26. The van der Waals surface area contributed by atoms with Gasteiger partial charge in [0.2, 0.25) is 5.88 Å². The number of benzene rings is 1. The molecule has 2 rings (SSSR count). The number of hydrogen-bond acceptors (Lipinski definition) is 4. The van der Waals surface area contributed by atoms with Crippen LogP contribution in [0.1, 0.15) is 5.56 Å². The Morgan fingerprint density at radius 3 is 2.86 bits per heavy atom. The van der Waals surface area contributed by atoms with Crippen LogP contribution in [0.15, 0.2) is 36.5 Å². The summed E-state index contributed by atoms with van der Waals surface area (Å²) in [6.07, 6.45) is 1.48. The Morgan fingerprint density at radius 1 is 1.33 bits per heavy atom. The zero-order valence-corrected chi connectivity index (χ0v) is 11.5. The first-order chi connectivity index (χ1) is 10.1. The molecule has 0 unspecified atom stereocenters. The van der Waals surface area contributed by atoms with Crippen molar-refractivity contribution >= 4 is 17.6 Å². The van der Waals surface area contributed by atoms with Crippen molar-refractivity contribution in [1.82, 2.24) is 4.98 Å². The zero-order chi connectivity index (χ0) is 15.2. The van der Waals surface area contributed by atoms with Gasteiger partial charge in [0.05, 0.1) is 10.6 Å². The molecule has 0 radical (unpaired) electrons. The van der Waals surface area contributed by atoms with Crippen LogP contribution in [-0.4, -0.2) is 22.7 Å². The molecule has 0 atom stereocenters. The Labute approximate surface area is 124 Å². The fourth-order valence-electron chi connectivity index (χ4n) is 1.54. The largest absolute Gasteiger partial charge is 0.487 e. The van der Waals surface area contributed by atoms with Gasteiger partial charge < -0.3 is 14.6 Å². The lowest BCUT2D eigenvalue weighted by molar-refractivity contribution is -0.139. The van der Waals surface area contributed by atoms with Crippen molar-refractivity contribution in [2.24, 2.45) is 0 Å². The molecule has 0 aliphatic heterocycles. The third kappa shape index (κ3) is 4.32. The number of aromatic nitrogens is 1. The van der Waals surface area contributed by atoms with Gasteiger partial charge in [0.1, 0.15) is 18.2 Å². The summed E-state index contributed by atoms with van der Waals surface area (Å²) in [6, 6.07) is 7.13. The van der Waals surface area contributed by atoms with Crippen molar-refractivity contribution in [3.8, 4) is 11.6 Å². The van der Waals surface area contributed by atoms with Gasteiger partial charge in [-0.2, -0.15) is 0 Å². The number of hydrogen-bond donors (Lipinski definition) is 1.